The van der Waals surface area contributed by atoms with Crippen LogP contribution in [0, 0.1) is 0 Å². The molecule has 7 heteroatoms. The van der Waals surface area contributed by atoms with E-state index in [0.717, 1.165) is 57.2 Å². The number of ether oxygens (including phenoxy) is 1. The van der Waals surface area contributed by atoms with Gasteiger partial charge in [0.25, 0.3) is 5.24 Å². The van der Waals surface area contributed by atoms with Crippen LogP contribution in [0.4, 0.5) is 4.79 Å². The maximum absolute atomic E-state index is 12.5. The number of thioether (sulfide) groups is 1. The molecule has 0 spiro atoms. The molecule has 0 atom stereocenters. The lowest BCUT2D eigenvalue weighted by atomic mass is 10.2. The number of carbonyl (C=O) groups is 2. The van der Waals surface area contributed by atoms with Crippen molar-refractivity contribution in [3.63, 3.8) is 0 Å². The lowest BCUT2D eigenvalue weighted by Crippen LogP contribution is -2.37. The molecule has 1 aromatic rings. The normalized spacial score (nSPS) is 18.9. The second kappa shape index (κ2) is 9.28. The zero-order valence-electron chi connectivity index (χ0n) is 15.4. The quantitative estimate of drug-likeness (QED) is 0.761. The van der Waals surface area contributed by atoms with Crippen LogP contribution < -0.4 is 4.74 Å². The topological polar surface area (TPSA) is 53.1 Å². The Morgan fingerprint density at radius 1 is 1.12 bits per heavy atom. The van der Waals surface area contributed by atoms with Gasteiger partial charge in [-0.3, -0.25) is 14.5 Å². The maximum Gasteiger partial charge on any atom is 0.281 e. The Balaban J connectivity index is 1.44. The van der Waals surface area contributed by atoms with Crippen LogP contribution in [0.2, 0.25) is 0 Å². The van der Waals surface area contributed by atoms with Crippen molar-refractivity contribution in [1.82, 2.24) is 14.7 Å². The van der Waals surface area contributed by atoms with Gasteiger partial charge in [0.2, 0.25) is 5.91 Å². The average Bonchev–Trinajstić information content (AvgIpc) is 2.92. The summed E-state index contributed by atoms with van der Waals surface area (Å²) in [7, 11) is 1.67. The van der Waals surface area contributed by atoms with Gasteiger partial charge in [0.1, 0.15) is 5.75 Å². The van der Waals surface area contributed by atoms with Crippen LogP contribution in [-0.4, -0.2) is 78.0 Å². The van der Waals surface area contributed by atoms with Crippen molar-refractivity contribution in [3.8, 4) is 5.75 Å². The number of rotatable bonds is 6. The summed E-state index contributed by atoms with van der Waals surface area (Å²) < 4.78 is 5.20. The van der Waals surface area contributed by atoms with Gasteiger partial charge in [0.05, 0.1) is 7.11 Å². The number of hydrogen-bond acceptors (Lipinski definition) is 5. The first-order valence-electron chi connectivity index (χ1n) is 9.20. The summed E-state index contributed by atoms with van der Waals surface area (Å²) in [4.78, 5) is 30.3. The Kier molecular flexibility index (Phi) is 6.80. The van der Waals surface area contributed by atoms with Crippen LogP contribution in [0.15, 0.2) is 24.3 Å². The minimum absolute atomic E-state index is 0.110. The standard InChI is InChI=1S/C19H27N3O3S/c1-25-17-5-3-16(4-6-17)15-20-8-2-9-21(12-11-20)18(23)7-10-22-13-14-26-19(22)24/h3-6H,2,7-15H2,1H3. The zero-order chi connectivity index (χ0) is 18.4. The van der Waals surface area contributed by atoms with E-state index in [1.54, 1.807) is 12.0 Å². The highest BCUT2D eigenvalue weighted by Crippen LogP contribution is 2.18. The van der Waals surface area contributed by atoms with E-state index in [1.165, 1.54) is 17.3 Å². The second-order valence-electron chi connectivity index (χ2n) is 6.71. The minimum atomic E-state index is 0.110. The van der Waals surface area contributed by atoms with E-state index < -0.39 is 0 Å². The van der Waals surface area contributed by atoms with Gasteiger partial charge >= 0.3 is 0 Å². The molecule has 0 radical (unpaired) electrons. The first kappa shape index (κ1) is 19.0. The van der Waals surface area contributed by atoms with Gasteiger partial charge < -0.3 is 14.5 Å². The van der Waals surface area contributed by atoms with Crippen LogP contribution >= 0.6 is 11.8 Å². The molecule has 0 bridgehead atoms. The van der Waals surface area contributed by atoms with Crippen LogP contribution in [0.5, 0.6) is 5.75 Å². The highest BCUT2D eigenvalue weighted by Gasteiger charge is 2.24. The molecule has 6 nitrogen and oxygen atoms in total. The maximum atomic E-state index is 12.5. The molecule has 0 saturated carbocycles. The fourth-order valence-electron chi connectivity index (χ4n) is 3.39. The van der Waals surface area contributed by atoms with E-state index in [4.69, 9.17) is 4.74 Å². The van der Waals surface area contributed by atoms with Crippen molar-refractivity contribution in [1.29, 1.82) is 0 Å². The van der Waals surface area contributed by atoms with Crippen molar-refractivity contribution in [2.24, 2.45) is 0 Å². The Hall–Kier alpha value is -1.73. The van der Waals surface area contributed by atoms with Crippen LogP contribution in [0.25, 0.3) is 0 Å². The highest BCUT2D eigenvalue weighted by molar-refractivity contribution is 8.13. The van der Waals surface area contributed by atoms with Gasteiger partial charge in [-0.25, -0.2) is 0 Å². The first-order valence-corrected chi connectivity index (χ1v) is 10.2. The molecular weight excluding hydrogens is 350 g/mol. The molecule has 2 fully saturated rings. The number of methoxy groups -OCH3 is 1. The molecule has 2 saturated heterocycles. The summed E-state index contributed by atoms with van der Waals surface area (Å²) in [6, 6.07) is 8.16. The van der Waals surface area contributed by atoms with Gasteiger partial charge in [-0.15, -0.1) is 0 Å². The fraction of sp³-hybridized carbons (Fsp3) is 0.579. The Morgan fingerprint density at radius 3 is 2.62 bits per heavy atom. The average molecular weight is 378 g/mol. The predicted molar refractivity (Wildman–Crippen MR) is 104 cm³/mol. The van der Waals surface area contributed by atoms with Gasteiger partial charge in [0, 0.05) is 58.0 Å². The Morgan fingerprint density at radius 2 is 1.92 bits per heavy atom. The fourth-order valence-corrected chi connectivity index (χ4v) is 4.24. The summed E-state index contributed by atoms with van der Waals surface area (Å²) >= 11 is 1.35. The summed E-state index contributed by atoms with van der Waals surface area (Å²) in [5.41, 5.74) is 1.26. The second-order valence-corrected chi connectivity index (χ2v) is 7.76. The molecule has 2 heterocycles. The molecule has 2 aliphatic rings. The van der Waals surface area contributed by atoms with Crippen molar-refractivity contribution in [2.45, 2.75) is 19.4 Å². The van der Waals surface area contributed by atoms with Gasteiger partial charge in [-0.1, -0.05) is 23.9 Å². The molecule has 0 N–H and O–H groups in total. The highest BCUT2D eigenvalue weighted by atomic mass is 32.2. The Labute approximate surface area is 159 Å². The van der Waals surface area contributed by atoms with E-state index in [0.29, 0.717) is 13.0 Å². The monoisotopic (exact) mass is 377 g/mol. The molecule has 0 aliphatic carbocycles. The molecular formula is C19H27N3O3S. The third-order valence-corrected chi connectivity index (χ3v) is 5.84. The number of benzene rings is 1. The van der Waals surface area contributed by atoms with Crippen LogP contribution in [-0.2, 0) is 11.3 Å². The molecule has 0 unspecified atom stereocenters. The summed E-state index contributed by atoms with van der Waals surface area (Å²) in [6.07, 6.45) is 1.42. The molecule has 3 rings (SSSR count). The summed E-state index contributed by atoms with van der Waals surface area (Å²) in [6.45, 7) is 5.67. The number of carbonyl (C=O) groups excluding carboxylic acids is 2. The molecule has 142 valence electrons. The van der Waals surface area contributed by atoms with Crippen molar-refractivity contribution in [2.75, 3.05) is 52.1 Å². The first-order chi connectivity index (χ1) is 12.7. The zero-order valence-corrected chi connectivity index (χ0v) is 16.2. The van der Waals surface area contributed by atoms with Gasteiger partial charge in [0.15, 0.2) is 0 Å². The van der Waals surface area contributed by atoms with Crippen LogP contribution in [0.3, 0.4) is 0 Å². The lowest BCUT2D eigenvalue weighted by molar-refractivity contribution is -0.131. The largest absolute Gasteiger partial charge is 0.497 e. The molecule has 2 amide bonds. The molecule has 1 aromatic carbocycles. The Bertz CT molecular complexity index is 623. The molecule has 26 heavy (non-hydrogen) atoms. The van der Waals surface area contributed by atoms with Gasteiger partial charge in [-0.2, -0.15) is 0 Å². The van der Waals surface area contributed by atoms with E-state index in [2.05, 4.69) is 17.0 Å². The minimum Gasteiger partial charge on any atom is -0.497 e. The molecule has 2 aliphatic heterocycles. The predicted octanol–water partition coefficient (Wildman–Crippen LogP) is 2.29. The number of amides is 2. The van der Waals surface area contributed by atoms with Crippen molar-refractivity contribution < 1.29 is 14.3 Å². The summed E-state index contributed by atoms with van der Waals surface area (Å²) in [5.74, 6) is 1.88. The van der Waals surface area contributed by atoms with E-state index in [1.807, 2.05) is 17.0 Å². The van der Waals surface area contributed by atoms with E-state index in [-0.39, 0.29) is 11.1 Å². The smallest absolute Gasteiger partial charge is 0.281 e. The van der Waals surface area contributed by atoms with Gasteiger partial charge in [-0.05, 0) is 24.1 Å². The summed E-state index contributed by atoms with van der Waals surface area (Å²) in [5, 5.41) is 0.110. The third-order valence-electron chi connectivity index (χ3n) is 4.95. The van der Waals surface area contributed by atoms with Crippen LogP contribution in [0.1, 0.15) is 18.4 Å². The van der Waals surface area contributed by atoms with E-state index in [9.17, 15) is 9.59 Å². The number of hydrogen-bond donors (Lipinski definition) is 0. The SMILES string of the molecule is COc1ccc(CN2CCCN(C(=O)CCN3CCSC3=O)CC2)cc1. The number of nitrogens with zero attached hydrogens (tertiary/aromatic N) is 3. The van der Waals surface area contributed by atoms with Crippen molar-refractivity contribution >= 4 is 22.9 Å². The third kappa shape index (κ3) is 5.14. The lowest BCUT2D eigenvalue weighted by Gasteiger charge is -2.23. The van der Waals surface area contributed by atoms with E-state index >= 15 is 0 Å². The molecule has 0 aromatic heterocycles. The van der Waals surface area contributed by atoms with Crippen molar-refractivity contribution in [3.05, 3.63) is 29.8 Å².